The standard InChI is InChI=1S/C23H22FNO3/c1-15-10-11-20-17(14-15)22(16-6-2-4-8-19(16)25-20)23(26)28-13-12-27-21-9-5-3-7-18(21)24/h2-9,15H,10-14H2,1H3. The van der Waals surface area contributed by atoms with E-state index >= 15 is 0 Å². The van der Waals surface area contributed by atoms with E-state index in [1.165, 1.54) is 6.07 Å². The van der Waals surface area contributed by atoms with Crippen molar-refractivity contribution in [3.05, 3.63) is 71.2 Å². The van der Waals surface area contributed by atoms with Gasteiger partial charge < -0.3 is 9.47 Å². The molecule has 3 aromatic rings. The Morgan fingerprint density at radius 1 is 1.14 bits per heavy atom. The van der Waals surface area contributed by atoms with Crippen molar-refractivity contribution < 1.29 is 18.7 Å². The minimum Gasteiger partial charge on any atom is -0.487 e. The van der Waals surface area contributed by atoms with Crippen LogP contribution in [-0.4, -0.2) is 24.2 Å². The highest BCUT2D eigenvalue weighted by Gasteiger charge is 2.26. The summed E-state index contributed by atoms with van der Waals surface area (Å²) in [4.78, 5) is 17.7. The Bertz CT molecular complexity index is 1020. The number of halogens is 1. The third kappa shape index (κ3) is 3.70. The molecule has 4 nitrogen and oxygen atoms in total. The summed E-state index contributed by atoms with van der Waals surface area (Å²) >= 11 is 0. The number of aryl methyl sites for hydroxylation is 1. The number of esters is 1. The van der Waals surface area contributed by atoms with Gasteiger partial charge in [-0.1, -0.05) is 37.3 Å². The fraction of sp³-hybridized carbons (Fsp3) is 0.304. The summed E-state index contributed by atoms with van der Waals surface area (Å²) in [5.74, 6) is -0.149. The second kappa shape index (κ2) is 7.97. The average molecular weight is 379 g/mol. The van der Waals surface area contributed by atoms with Crippen LogP contribution in [0.5, 0.6) is 5.75 Å². The molecule has 144 valence electrons. The molecule has 4 rings (SSSR count). The van der Waals surface area contributed by atoms with E-state index in [2.05, 4.69) is 6.92 Å². The van der Waals surface area contributed by atoms with Crippen LogP contribution in [0.2, 0.25) is 0 Å². The minimum atomic E-state index is -0.433. The number of nitrogens with zero attached hydrogens (tertiary/aromatic N) is 1. The van der Waals surface area contributed by atoms with Crippen LogP contribution in [0.25, 0.3) is 10.9 Å². The summed E-state index contributed by atoms with van der Waals surface area (Å²) < 4.78 is 24.5. The number of benzene rings is 2. The first-order chi connectivity index (χ1) is 13.6. The van der Waals surface area contributed by atoms with Crippen molar-refractivity contribution in [3.8, 4) is 5.75 Å². The number of carbonyl (C=O) groups excluding carboxylic acids is 1. The van der Waals surface area contributed by atoms with Crippen LogP contribution >= 0.6 is 0 Å². The maximum Gasteiger partial charge on any atom is 0.339 e. The molecule has 0 N–H and O–H groups in total. The molecular formula is C23H22FNO3. The molecule has 0 amide bonds. The topological polar surface area (TPSA) is 48.4 Å². The van der Waals surface area contributed by atoms with Crippen LogP contribution in [-0.2, 0) is 17.6 Å². The van der Waals surface area contributed by atoms with Crippen LogP contribution in [0.4, 0.5) is 4.39 Å². The summed E-state index contributed by atoms with van der Waals surface area (Å²) in [6.07, 6.45) is 2.77. The summed E-state index contributed by atoms with van der Waals surface area (Å²) in [5.41, 5.74) is 3.41. The Morgan fingerprint density at radius 2 is 1.93 bits per heavy atom. The van der Waals surface area contributed by atoms with Crippen molar-refractivity contribution in [1.82, 2.24) is 4.98 Å². The predicted molar refractivity (Wildman–Crippen MR) is 105 cm³/mol. The fourth-order valence-electron chi connectivity index (χ4n) is 3.72. The van der Waals surface area contributed by atoms with Crippen LogP contribution < -0.4 is 4.74 Å². The van der Waals surface area contributed by atoms with Crippen LogP contribution in [0, 0.1) is 11.7 Å². The zero-order valence-corrected chi connectivity index (χ0v) is 15.8. The van der Waals surface area contributed by atoms with Gasteiger partial charge in [0.15, 0.2) is 11.6 Å². The molecule has 1 aromatic heterocycles. The molecule has 2 aromatic carbocycles. The molecule has 0 aliphatic heterocycles. The molecule has 1 atom stereocenters. The Labute approximate surface area is 163 Å². The van der Waals surface area contributed by atoms with Crippen molar-refractivity contribution in [3.63, 3.8) is 0 Å². The van der Waals surface area contributed by atoms with Crippen molar-refractivity contribution in [2.45, 2.75) is 26.2 Å². The van der Waals surface area contributed by atoms with E-state index in [1.807, 2.05) is 24.3 Å². The van der Waals surface area contributed by atoms with Crippen molar-refractivity contribution in [2.24, 2.45) is 5.92 Å². The number of hydrogen-bond acceptors (Lipinski definition) is 4. The zero-order valence-electron chi connectivity index (χ0n) is 15.8. The highest BCUT2D eigenvalue weighted by atomic mass is 19.1. The maximum absolute atomic E-state index is 13.6. The third-order valence-electron chi connectivity index (χ3n) is 5.12. The number of rotatable bonds is 5. The second-order valence-corrected chi connectivity index (χ2v) is 7.19. The predicted octanol–water partition coefficient (Wildman–Crippen LogP) is 4.73. The van der Waals surface area contributed by atoms with Gasteiger partial charge in [0.05, 0.1) is 11.1 Å². The molecule has 0 saturated heterocycles. The van der Waals surface area contributed by atoms with E-state index in [-0.39, 0.29) is 24.9 Å². The van der Waals surface area contributed by atoms with Crippen LogP contribution in [0.3, 0.4) is 0 Å². The first-order valence-electron chi connectivity index (χ1n) is 9.58. The van der Waals surface area contributed by atoms with E-state index in [9.17, 15) is 9.18 Å². The number of fused-ring (bicyclic) bond motifs is 2. The first-order valence-corrected chi connectivity index (χ1v) is 9.58. The molecule has 1 unspecified atom stereocenters. The maximum atomic E-state index is 13.6. The van der Waals surface area contributed by atoms with Gasteiger partial charge >= 0.3 is 5.97 Å². The van der Waals surface area contributed by atoms with Gasteiger partial charge in [0.25, 0.3) is 0 Å². The number of pyridine rings is 1. The number of hydrogen-bond donors (Lipinski definition) is 0. The van der Waals surface area contributed by atoms with Crippen LogP contribution in [0.15, 0.2) is 48.5 Å². The van der Waals surface area contributed by atoms with Gasteiger partial charge in [0.2, 0.25) is 0 Å². The molecule has 0 radical (unpaired) electrons. The largest absolute Gasteiger partial charge is 0.487 e. The van der Waals surface area contributed by atoms with Gasteiger partial charge in [0.1, 0.15) is 13.2 Å². The lowest BCUT2D eigenvalue weighted by molar-refractivity contribution is 0.0449. The normalized spacial score (nSPS) is 15.9. The molecule has 28 heavy (non-hydrogen) atoms. The monoisotopic (exact) mass is 379 g/mol. The first kappa shape index (κ1) is 18.4. The Hall–Kier alpha value is -2.95. The summed E-state index contributed by atoms with van der Waals surface area (Å²) in [6.45, 7) is 2.33. The minimum absolute atomic E-state index is 0.0497. The van der Waals surface area contributed by atoms with E-state index in [0.29, 0.717) is 11.5 Å². The van der Waals surface area contributed by atoms with Gasteiger partial charge in [-0.3, -0.25) is 4.98 Å². The molecule has 5 heteroatoms. The number of aromatic nitrogens is 1. The van der Waals surface area contributed by atoms with Crippen LogP contribution in [0.1, 0.15) is 35.0 Å². The number of carbonyl (C=O) groups is 1. The average Bonchev–Trinajstić information content (AvgIpc) is 2.70. The van der Waals surface area contributed by atoms with Gasteiger partial charge in [0, 0.05) is 11.1 Å². The van der Waals surface area contributed by atoms with E-state index < -0.39 is 5.82 Å². The SMILES string of the molecule is CC1CCc2nc3ccccc3c(C(=O)OCCOc3ccccc3F)c2C1. The van der Waals surface area contributed by atoms with Crippen molar-refractivity contribution in [1.29, 1.82) is 0 Å². The highest BCUT2D eigenvalue weighted by Crippen LogP contribution is 2.32. The summed E-state index contributed by atoms with van der Waals surface area (Å²) in [5, 5.41) is 0.815. The molecule has 1 aliphatic rings. The third-order valence-corrected chi connectivity index (χ3v) is 5.12. The second-order valence-electron chi connectivity index (χ2n) is 7.19. The lowest BCUT2D eigenvalue weighted by atomic mass is 9.84. The quantitative estimate of drug-likeness (QED) is 0.475. The summed E-state index contributed by atoms with van der Waals surface area (Å²) in [7, 11) is 0. The summed E-state index contributed by atoms with van der Waals surface area (Å²) in [6, 6.07) is 13.8. The van der Waals surface area contributed by atoms with Gasteiger partial charge in [-0.05, 0) is 48.9 Å². The number of ether oxygens (including phenoxy) is 2. The fourth-order valence-corrected chi connectivity index (χ4v) is 3.72. The molecule has 1 aliphatic carbocycles. The van der Waals surface area contributed by atoms with Crippen molar-refractivity contribution in [2.75, 3.05) is 13.2 Å². The van der Waals surface area contributed by atoms with E-state index in [1.54, 1.807) is 18.2 Å². The van der Waals surface area contributed by atoms with Gasteiger partial charge in [-0.25, -0.2) is 9.18 Å². The lowest BCUT2D eigenvalue weighted by Crippen LogP contribution is -2.20. The van der Waals surface area contributed by atoms with E-state index in [0.717, 1.165) is 41.4 Å². The lowest BCUT2D eigenvalue weighted by Gasteiger charge is -2.24. The molecule has 0 spiro atoms. The molecule has 1 heterocycles. The highest BCUT2D eigenvalue weighted by molar-refractivity contribution is 6.05. The zero-order chi connectivity index (χ0) is 19.5. The van der Waals surface area contributed by atoms with Gasteiger partial charge in [-0.15, -0.1) is 0 Å². The van der Waals surface area contributed by atoms with E-state index in [4.69, 9.17) is 14.5 Å². The molecular weight excluding hydrogens is 357 g/mol. The molecule has 0 saturated carbocycles. The smallest absolute Gasteiger partial charge is 0.339 e. The Balaban J connectivity index is 1.53. The van der Waals surface area contributed by atoms with Gasteiger partial charge in [-0.2, -0.15) is 0 Å². The molecule has 0 bridgehead atoms. The molecule has 0 fully saturated rings. The Morgan fingerprint density at radius 3 is 2.79 bits per heavy atom. The number of para-hydroxylation sites is 2. The Kier molecular flexibility index (Phi) is 5.24. The van der Waals surface area contributed by atoms with Crippen molar-refractivity contribution >= 4 is 16.9 Å².